The molecule has 0 spiro atoms. The molecule has 29 heavy (non-hydrogen) atoms. The number of benzene rings is 1. The van der Waals surface area contributed by atoms with Gasteiger partial charge in [0, 0.05) is 38.3 Å². The SMILES string of the molecule is CCNC(=NCC1(c2ccc(OC)cc2)CCOCC1)N1CC(C)CC(C)C1.I. The fourth-order valence-corrected chi connectivity index (χ4v) is 4.73. The molecule has 0 aromatic heterocycles. The summed E-state index contributed by atoms with van der Waals surface area (Å²) in [6, 6.07) is 8.54. The molecule has 0 aliphatic carbocycles. The zero-order chi connectivity index (χ0) is 20.0. The average Bonchev–Trinajstić information content (AvgIpc) is 2.71. The molecule has 2 heterocycles. The van der Waals surface area contributed by atoms with Gasteiger partial charge >= 0.3 is 0 Å². The summed E-state index contributed by atoms with van der Waals surface area (Å²) in [6.07, 6.45) is 3.33. The van der Waals surface area contributed by atoms with E-state index in [0.717, 1.165) is 63.9 Å². The highest BCUT2D eigenvalue weighted by atomic mass is 127. The van der Waals surface area contributed by atoms with E-state index in [1.165, 1.54) is 12.0 Å². The van der Waals surface area contributed by atoms with Gasteiger partial charge < -0.3 is 19.7 Å². The van der Waals surface area contributed by atoms with Gasteiger partial charge in [-0.2, -0.15) is 0 Å². The molecule has 2 unspecified atom stereocenters. The van der Waals surface area contributed by atoms with Crippen LogP contribution in [0, 0.1) is 11.8 Å². The Bertz CT molecular complexity index is 634. The molecular weight excluding hydrogens is 477 g/mol. The maximum absolute atomic E-state index is 5.69. The van der Waals surface area contributed by atoms with E-state index in [2.05, 4.69) is 55.3 Å². The third-order valence-electron chi connectivity index (χ3n) is 6.19. The van der Waals surface area contributed by atoms with Crippen molar-refractivity contribution in [3.8, 4) is 5.75 Å². The number of nitrogens with zero attached hydrogens (tertiary/aromatic N) is 2. The molecule has 0 amide bonds. The molecule has 0 saturated carbocycles. The van der Waals surface area contributed by atoms with Gasteiger partial charge in [-0.05, 0) is 55.7 Å². The summed E-state index contributed by atoms with van der Waals surface area (Å²) in [4.78, 5) is 7.63. The Labute approximate surface area is 193 Å². The number of ether oxygens (including phenoxy) is 2. The van der Waals surface area contributed by atoms with Crippen molar-refractivity contribution in [2.45, 2.75) is 45.4 Å². The molecule has 5 nitrogen and oxygen atoms in total. The van der Waals surface area contributed by atoms with E-state index in [1.807, 2.05) is 0 Å². The van der Waals surface area contributed by atoms with Crippen molar-refractivity contribution in [3.63, 3.8) is 0 Å². The highest BCUT2D eigenvalue weighted by Crippen LogP contribution is 2.36. The van der Waals surface area contributed by atoms with Crippen molar-refractivity contribution < 1.29 is 9.47 Å². The largest absolute Gasteiger partial charge is 0.497 e. The molecule has 3 rings (SSSR count). The van der Waals surface area contributed by atoms with Crippen molar-refractivity contribution in [1.29, 1.82) is 0 Å². The van der Waals surface area contributed by atoms with Gasteiger partial charge in [0.2, 0.25) is 0 Å². The van der Waals surface area contributed by atoms with Crippen molar-refractivity contribution in [2.75, 3.05) is 46.5 Å². The van der Waals surface area contributed by atoms with Crippen molar-refractivity contribution in [1.82, 2.24) is 10.2 Å². The molecule has 6 heteroatoms. The summed E-state index contributed by atoms with van der Waals surface area (Å²) < 4.78 is 11.0. The second-order valence-electron chi connectivity index (χ2n) is 8.64. The Balaban J connectivity index is 0.00000300. The van der Waals surface area contributed by atoms with E-state index in [0.29, 0.717) is 11.8 Å². The van der Waals surface area contributed by atoms with Crippen LogP contribution in [-0.4, -0.2) is 57.4 Å². The zero-order valence-electron chi connectivity index (χ0n) is 18.4. The van der Waals surface area contributed by atoms with E-state index in [-0.39, 0.29) is 29.4 Å². The minimum Gasteiger partial charge on any atom is -0.497 e. The predicted octanol–water partition coefficient (Wildman–Crippen LogP) is 4.30. The van der Waals surface area contributed by atoms with E-state index in [1.54, 1.807) is 7.11 Å². The van der Waals surface area contributed by atoms with Crippen LogP contribution in [0.15, 0.2) is 29.3 Å². The second kappa shape index (κ2) is 11.4. The topological polar surface area (TPSA) is 46.1 Å². The molecule has 2 saturated heterocycles. The van der Waals surface area contributed by atoms with Gasteiger partial charge in [-0.25, -0.2) is 0 Å². The van der Waals surface area contributed by atoms with Crippen molar-refractivity contribution >= 4 is 29.9 Å². The number of halogens is 1. The van der Waals surface area contributed by atoms with E-state index in [4.69, 9.17) is 14.5 Å². The Morgan fingerprint density at radius 1 is 1.17 bits per heavy atom. The van der Waals surface area contributed by atoms with E-state index < -0.39 is 0 Å². The van der Waals surface area contributed by atoms with E-state index in [9.17, 15) is 0 Å². The normalized spacial score (nSPS) is 24.6. The number of rotatable bonds is 5. The van der Waals surface area contributed by atoms with Crippen LogP contribution in [0.5, 0.6) is 5.75 Å². The number of methoxy groups -OCH3 is 1. The number of hydrogen-bond acceptors (Lipinski definition) is 3. The van der Waals surface area contributed by atoms with Crippen LogP contribution in [0.2, 0.25) is 0 Å². The maximum Gasteiger partial charge on any atom is 0.193 e. The van der Waals surface area contributed by atoms with Gasteiger partial charge in [0.25, 0.3) is 0 Å². The highest BCUT2D eigenvalue weighted by molar-refractivity contribution is 14.0. The summed E-state index contributed by atoms with van der Waals surface area (Å²) in [5, 5.41) is 3.54. The van der Waals surface area contributed by atoms with Crippen LogP contribution < -0.4 is 10.1 Å². The Morgan fingerprint density at radius 2 is 1.79 bits per heavy atom. The smallest absolute Gasteiger partial charge is 0.193 e. The van der Waals surface area contributed by atoms with Gasteiger partial charge in [-0.15, -0.1) is 24.0 Å². The average molecular weight is 515 g/mol. The van der Waals surface area contributed by atoms with Crippen LogP contribution in [0.3, 0.4) is 0 Å². The minimum absolute atomic E-state index is 0. The molecule has 1 aromatic rings. The molecule has 0 bridgehead atoms. The van der Waals surface area contributed by atoms with Gasteiger partial charge in [0.05, 0.1) is 13.7 Å². The molecule has 2 atom stereocenters. The molecule has 164 valence electrons. The second-order valence-corrected chi connectivity index (χ2v) is 8.64. The fourth-order valence-electron chi connectivity index (χ4n) is 4.73. The summed E-state index contributed by atoms with van der Waals surface area (Å²) in [7, 11) is 1.72. The number of guanidine groups is 1. The number of likely N-dealkylation sites (tertiary alicyclic amines) is 1. The van der Waals surface area contributed by atoms with Gasteiger partial charge in [0.1, 0.15) is 5.75 Å². The zero-order valence-corrected chi connectivity index (χ0v) is 20.8. The first kappa shape index (κ1) is 24.3. The first-order valence-corrected chi connectivity index (χ1v) is 10.8. The fraction of sp³-hybridized carbons (Fsp3) is 0.696. The Kier molecular flexibility index (Phi) is 9.53. The summed E-state index contributed by atoms with van der Waals surface area (Å²) >= 11 is 0. The van der Waals surface area contributed by atoms with E-state index >= 15 is 0 Å². The monoisotopic (exact) mass is 515 g/mol. The lowest BCUT2D eigenvalue weighted by Gasteiger charge is -2.39. The van der Waals surface area contributed by atoms with Crippen LogP contribution in [-0.2, 0) is 10.2 Å². The molecule has 2 aliphatic rings. The number of hydrogen-bond donors (Lipinski definition) is 1. The third-order valence-corrected chi connectivity index (χ3v) is 6.19. The summed E-state index contributed by atoms with van der Waals surface area (Å²) in [6.45, 7) is 12.3. The van der Waals surface area contributed by atoms with Gasteiger partial charge in [0.15, 0.2) is 5.96 Å². The maximum atomic E-state index is 5.69. The lowest BCUT2D eigenvalue weighted by atomic mass is 9.74. The molecule has 2 fully saturated rings. The molecule has 2 aliphatic heterocycles. The standard InChI is InChI=1S/C23H37N3O2.HI/c1-5-24-22(26-15-18(2)14-19(3)16-26)25-17-23(10-12-28-13-11-23)20-6-8-21(27-4)9-7-20;/h6-9,18-19H,5,10-17H2,1-4H3,(H,24,25);1H. The van der Waals surface area contributed by atoms with Crippen molar-refractivity contribution in [3.05, 3.63) is 29.8 Å². The lowest BCUT2D eigenvalue weighted by Crippen LogP contribution is -2.49. The first-order valence-electron chi connectivity index (χ1n) is 10.8. The van der Waals surface area contributed by atoms with Gasteiger partial charge in [-0.1, -0.05) is 26.0 Å². The quantitative estimate of drug-likeness (QED) is 0.361. The number of piperidine rings is 1. The number of aliphatic imine (C=N–C) groups is 1. The lowest BCUT2D eigenvalue weighted by molar-refractivity contribution is 0.0529. The van der Waals surface area contributed by atoms with Crippen molar-refractivity contribution in [2.24, 2.45) is 16.8 Å². The molecular formula is C23H38IN3O2. The summed E-state index contributed by atoms with van der Waals surface area (Å²) in [5.74, 6) is 3.40. The third kappa shape index (κ3) is 6.23. The predicted molar refractivity (Wildman–Crippen MR) is 131 cm³/mol. The first-order chi connectivity index (χ1) is 13.6. The molecule has 1 N–H and O–H groups in total. The van der Waals surface area contributed by atoms with Crippen LogP contribution in [0.1, 0.15) is 45.6 Å². The van der Waals surface area contributed by atoms with Crippen LogP contribution >= 0.6 is 24.0 Å². The van der Waals surface area contributed by atoms with Crippen LogP contribution in [0.25, 0.3) is 0 Å². The molecule has 0 radical (unpaired) electrons. The minimum atomic E-state index is 0. The number of nitrogens with one attached hydrogen (secondary N) is 1. The van der Waals surface area contributed by atoms with Gasteiger partial charge in [-0.3, -0.25) is 4.99 Å². The highest BCUT2D eigenvalue weighted by Gasteiger charge is 2.35. The van der Waals surface area contributed by atoms with Crippen LogP contribution in [0.4, 0.5) is 0 Å². The Hall–Kier alpha value is -1.02. The summed E-state index contributed by atoms with van der Waals surface area (Å²) in [5.41, 5.74) is 1.38. The Morgan fingerprint density at radius 3 is 2.34 bits per heavy atom. The molecule has 1 aromatic carbocycles.